The lowest BCUT2D eigenvalue weighted by Gasteiger charge is -2.20. The predicted octanol–water partition coefficient (Wildman–Crippen LogP) is 0.573. The largest absolute Gasteiger partial charge is 0.356 e. The third-order valence-electron chi connectivity index (χ3n) is 2.25. The molecule has 15 heavy (non-hydrogen) atoms. The number of hydrogen-bond acceptors (Lipinski definition) is 3. The highest BCUT2D eigenvalue weighted by atomic mass is 16.1. The molecule has 4 heteroatoms. The Balaban J connectivity index is 3.68. The Bertz CT molecular complexity index is 162. The number of nitrogens with one attached hydrogen (secondary N) is 1. The summed E-state index contributed by atoms with van der Waals surface area (Å²) in [4.78, 5) is 13.6. The van der Waals surface area contributed by atoms with Gasteiger partial charge in [0.2, 0.25) is 5.91 Å². The van der Waals surface area contributed by atoms with Gasteiger partial charge in [-0.25, -0.2) is 0 Å². The molecular weight excluding hydrogens is 190 g/mol. The first-order chi connectivity index (χ1) is 7.24. The normalized spacial score (nSPS) is 10.7. The predicted molar refractivity (Wildman–Crippen MR) is 63.7 cm³/mol. The molecule has 0 saturated heterocycles. The lowest BCUT2D eigenvalue weighted by Crippen LogP contribution is -2.32. The van der Waals surface area contributed by atoms with Crippen LogP contribution in [-0.4, -0.2) is 43.5 Å². The number of hydrogen-bond donors (Lipinski definition) is 2. The number of carbonyl (C=O) groups is 1. The standard InChI is InChI=1S/C11H25N3O/c1-3-8-14(9-5-7-12)10-6-11(15)13-4-2/h3-10,12H2,1-2H3,(H,13,15). The molecule has 0 unspecified atom stereocenters. The summed E-state index contributed by atoms with van der Waals surface area (Å²) >= 11 is 0. The molecule has 0 fully saturated rings. The minimum absolute atomic E-state index is 0.145. The van der Waals surface area contributed by atoms with Gasteiger partial charge in [0, 0.05) is 19.5 Å². The second-order valence-corrected chi connectivity index (χ2v) is 3.69. The maximum absolute atomic E-state index is 11.3. The van der Waals surface area contributed by atoms with Crippen LogP contribution in [0.15, 0.2) is 0 Å². The van der Waals surface area contributed by atoms with Gasteiger partial charge < -0.3 is 16.0 Å². The van der Waals surface area contributed by atoms with Crippen molar-refractivity contribution >= 4 is 5.91 Å². The maximum atomic E-state index is 11.3. The third-order valence-corrected chi connectivity index (χ3v) is 2.25. The van der Waals surface area contributed by atoms with Crippen molar-refractivity contribution < 1.29 is 4.79 Å². The number of carbonyl (C=O) groups excluding carboxylic acids is 1. The lowest BCUT2D eigenvalue weighted by atomic mass is 10.3. The molecule has 0 saturated carbocycles. The third kappa shape index (κ3) is 8.39. The van der Waals surface area contributed by atoms with Crippen molar-refractivity contribution in [1.82, 2.24) is 10.2 Å². The van der Waals surface area contributed by atoms with Crippen LogP contribution in [0.1, 0.15) is 33.1 Å². The van der Waals surface area contributed by atoms with E-state index in [1.54, 1.807) is 0 Å². The van der Waals surface area contributed by atoms with Crippen molar-refractivity contribution in [1.29, 1.82) is 0 Å². The highest BCUT2D eigenvalue weighted by Gasteiger charge is 2.06. The van der Waals surface area contributed by atoms with E-state index < -0.39 is 0 Å². The van der Waals surface area contributed by atoms with Crippen LogP contribution in [0.4, 0.5) is 0 Å². The zero-order chi connectivity index (χ0) is 11.5. The minimum atomic E-state index is 0.145. The van der Waals surface area contributed by atoms with Crippen LogP contribution in [0.2, 0.25) is 0 Å². The van der Waals surface area contributed by atoms with E-state index in [-0.39, 0.29) is 5.91 Å². The SMILES string of the molecule is CCCN(CCCN)CCC(=O)NCC. The fourth-order valence-electron chi connectivity index (χ4n) is 1.51. The summed E-state index contributed by atoms with van der Waals surface area (Å²) in [5.74, 6) is 0.145. The molecule has 0 rings (SSSR count). The molecule has 0 aliphatic carbocycles. The fourth-order valence-corrected chi connectivity index (χ4v) is 1.51. The van der Waals surface area contributed by atoms with Crippen molar-refractivity contribution in [2.45, 2.75) is 33.1 Å². The van der Waals surface area contributed by atoms with Gasteiger partial charge in [0.1, 0.15) is 0 Å². The molecule has 4 nitrogen and oxygen atoms in total. The average molecular weight is 215 g/mol. The number of rotatable bonds is 9. The molecule has 0 radical (unpaired) electrons. The Morgan fingerprint density at radius 2 is 2.00 bits per heavy atom. The van der Waals surface area contributed by atoms with Gasteiger partial charge in [-0.1, -0.05) is 6.92 Å². The van der Waals surface area contributed by atoms with E-state index in [0.29, 0.717) is 6.42 Å². The molecule has 0 aliphatic rings. The average Bonchev–Trinajstić information content (AvgIpc) is 2.22. The first-order valence-corrected chi connectivity index (χ1v) is 5.93. The Morgan fingerprint density at radius 1 is 1.27 bits per heavy atom. The van der Waals surface area contributed by atoms with Gasteiger partial charge in [0.05, 0.1) is 0 Å². The highest BCUT2D eigenvalue weighted by molar-refractivity contribution is 5.75. The molecule has 90 valence electrons. The summed E-state index contributed by atoms with van der Waals surface area (Å²) in [7, 11) is 0. The Labute approximate surface area is 93.2 Å². The van der Waals surface area contributed by atoms with Crippen molar-refractivity contribution in [2.75, 3.05) is 32.7 Å². The Hall–Kier alpha value is -0.610. The maximum Gasteiger partial charge on any atom is 0.221 e. The van der Waals surface area contributed by atoms with E-state index in [4.69, 9.17) is 5.73 Å². The van der Waals surface area contributed by atoms with Gasteiger partial charge in [0.15, 0.2) is 0 Å². The van der Waals surface area contributed by atoms with Crippen molar-refractivity contribution in [3.63, 3.8) is 0 Å². The van der Waals surface area contributed by atoms with E-state index in [0.717, 1.165) is 45.6 Å². The Morgan fingerprint density at radius 3 is 2.53 bits per heavy atom. The van der Waals surface area contributed by atoms with Gasteiger partial charge in [-0.2, -0.15) is 0 Å². The zero-order valence-corrected chi connectivity index (χ0v) is 10.1. The van der Waals surface area contributed by atoms with E-state index in [1.807, 2.05) is 6.92 Å². The van der Waals surface area contributed by atoms with Crippen LogP contribution < -0.4 is 11.1 Å². The van der Waals surface area contributed by atoms with Crippen LogP contribution >= 0.6 is 0 Å². The van der Waals surface area contributed by atoms with Crippen LogP contribution in [0.5, 0.6) is 0 Å². The van der Waals surface area contributed by atoms with Crippen molar-refractivity contribution in [3.05, 3.63) is 0 Å². The molecule has 0 bridgehead atoms. The first kappa shape index (κ1) is 14.4. The quantitative estimate of drug-likeness (QED) is 0.591. The summed E-state index contributed by atoms with van der Waals surface area (Å²) in [6, 6.07) is 0. The van der Waals surface area contributed by atoms with E-state index in [1.165, 1.54) is 0 Å². The summed E-state index contributed by atoms with van der Waals surface area (Å²) in [5, 5.41) is 2.81. The van der Waals surface area contributed by atoms with E-state index in [2.05, 4.69) is 17.1 Å². The molecular formula is C11H25N3O. The summed E-state index contributed by atoms with van der Waals surface area (Å²) in [6.07, 6.45) is 2.73. The number of amides is 1. The number of nitrogens with two attached hydrogens (primary N) is 1. The van der Waals surface area contributed by atoms with Crippen LogP contribution in [0.3, 0.4) is 0 Å². The van der Waals surface area contributed by atoms with Gasteiger partial charge in [-0.15, -0.1) is 0 Å². The topological polar surface area (TPSA) is 58.4 Å². The molecule has 0 aromatic carbocycles. The van der Waals surface area contributed by atoms with E-state index >= 15 is 0 Å². The van der Waals surface area contributed by atoms with Gasteiger partial charge in [-0.3, -0.25) is 4.79 Å². The zero-order valence-electron chi connectivity index (χ0n) is 10.1. The molecule has 0 atom stereocenters. The molecule has 0 aromatic rings. The smallest absolute Gasteiger partial charge is 0.221 e. The van der Waals surface area contributed by atoms with E-state index in [9.17, 15) is 4.79 Å². The molecule has 0 aromatic heterocycles. The molecule has 0 aliphatic heterocycles. The van der Waals surface area contributed by atoms with Gasteiger partial charge in [-0.05, 0) is 39.4 Å². The van der Waals surface area contributed by atoms with Crippen LogP contribution in [0.25, 0.3) is 0 Å². The highest BCUT2D eigenvalue weighted by Crippen LogP contribution is 1.96. The number of nitrogens with zero attached hydrogens (tertiary/aromatic N) is 1. The van der Waals surface area contributed by atoms with Crippen molar-refractivity contribution in [3.8, 4) is 0 Å². The van der Waals surface area contributed by atoms with Gasteiger partial charge >= 0.3 is 0 Å². The summed E-state index contributed by atoms with van der Waals surface area (Å²) in [5.41, 5.74) is 5.47. The summed E-state index contributed by atoms with van der Waals surface area (Å²) in [6.45, 7) is 8.44. The molecule has 3 N–H and O–H groups in total. The fraction of sp³-hybridized carbons (Fsp3) is 0.909. The lowest BCUT2D eigenvalue weighted by molar-refractivity contribution is -0.121. The van der Waals surface area contributed by atoms with Crippen LogP contribution in [-0.2, 0) is 4.79 Å². The second-order valence-electron chi connectivity index (χ2n) is 3.69. The monoisotopic (exact) mass is 215 g/mol. The molecule has 0 spiro atoms. The Kier molecular flexibility index (Phi) is 9.52. The minimum Gasteiger partial charge on any atom is -0.356 e. The first-order valence-electron chi connectivity index (χ1n) is 5.93. The van der Waals surface area contributed by atoms with Gasteiger partial charge in [0.25, 0.3) is 0 Å². The van der Waals surface area contributed by atoms with Crippen molar-refractivity contribution in [2.24, 2.45) is 5.73 Å². The second kappa shape index (κ2) is 9.93. The van der Waals surface area contributed by atoms with Crippen LogP contribution in [0, 0.1) is 0 Å². The molecule has 1 amide bonds. The molecule has 0 heterocycles. The summed E-state index contributed by atoms with van der Waals surface area (Å²) < 4.78 is 0.